The lowest BCUT2D eigenvalue weighted by Crippen LogP contribution is -2.51. The summed E-state index contributed by atoms with van der Waals surface area (Å²) >= 11 is 12.3. The lowest BCUT2D eigenvalue weighted by Gasteiger charge is -2.32. The summed E-state index contributed by atoms with van der Waals surface area (Å²) in [4.78, 5) is 28.1. The molecule has 0 bridgehead atoms. The van der Waals surface area contributed by atoms with E-state index in [-0.39, 0.29) is 23.0 Å². The van der Waals surface area contributed by atoms with Crippen molar-refractivity contribution in [2.75, 3.05) is 17.4 Å². The fourth-order valence-electron chi connectivity index (χ4n) is 3.81. The summed E-state index contributed by atoms with van der Waals surface area (Å²) < 4.78 is 28.6. The Labute approximate surface area is 234 Å². The van der Waals surface area contributed by atoms with Crippen LogP contribution in [-0.2, 0) is 26.2 Å². The van der Waals surface area contributed by atoms with Crippen LogP contribution in [0.25, 0.3) is 0 Å². The molecule has 0 saturated heterocycles. The molecule has 7 nitrogen and oxygen atoms in total. The summed E-state index contributed by atoms with van der Waals surface area (Å²) in [5, 5.41) is 3.62. The van der Waals surface area contributed by atoms with Crippen LogP contribution in [0.1, 0.15) is 31.4 Å². The molecule has 0 aliphatic rings. The number of aryl methyl sites for hydroxylation is 1. The average Bonchev–Trinajstić information content (AvgIpc) is 2.88. The monoisotopic (exact) mass is 575 g/mol. The van der Waals surface area contributed by atoms with E-state index < -0.39 is 28.5 Å². The van der Waals surface area contributed by atoms with Crippen molar-refractivity contribution in [3.63, 3.8) is 0 Å². The Morgan fingerprint density at radius 2 is 1.58 bits per heavy atom. The molecule has 0 heterocycles. The van der Waals surface area contributed by atoms with Gasteiger partial charge >= 0.3 is 0 Å². The first kappa shape index (κ1) is 29.5. The number of nitrogens with zero attached hydrogens (tertiary/aromatic N) is 2. The molecule has 0 aliphatic carbocycles. The maximum Gasteiger partial charge on any atom is 0.264 e. The van der Waals surface area contributed by atoms with Crippen LogP contribution in [0.3, 0.4) is 0 Å². The van der Waals surface area contributed by atoms with Crippen LogP contribution >= 0.6 is 23.2 Å². The number of anilines is 1. The van der Waals surface area contributed by atoms with Crippen molar-refractivity contribution in [1.82, 2.24) is 10.2 Å². The summed E-state index contributed by atoms with van der Waals surface area (Å²) in [5.74, 6) is -0.891. The summed E-state index contributed by atoms with van der Waals surface area (Å²) in [6, 6.07) is 18.8. The number of carbonyl (C=O) groups excluding carboxylic acids is 2. The van der Waals surface area contributed by atoms with Gasteiger partial charge in [0.25, 0.3) is 10.0 Å². The molecule has 202 valence electrons. The zero-order valence-corrected chi connectivity index (χ0v) is 23.9. The van der Waals surface area contributed by atoms with Gasteiger partial charge < -0.3 is 10.2 Å². The molecule has 10 heteroatoms. The Kier molecular flexibility index (Phi) is 10.2. The molecule has 0 radical (unpaired) electrons. The minimum atomic E-state index is -4.15. The normalized spacial score (nSPS) is 12.0. The molecular weight excluding hydrogens is 545 g/mol. The van der Waals surface area contributed by atoms with Crippen molar-refractivity contribution in [2.24, 2.45) is 0 Å². The average molecular weight is 577 g/mol. The van der Waals surface area contributed by atoms with Crippen molar-refractivity contribution >= 4 is 50.7 Å². The number of nitrogens with one attached hydrogen (secondary N) is 1. The minimum absolute atomic E-state index is 0.0333. The Morgan fingerprint density at radius 3 is 2.18 bits per heavy atom. The Morgan fingerprint density at radius 1 is 0.947 bits per heavy atom. The predicted molar refractivity (Wildman–Crippen MR) is 152 cm³/mol. The first-order valence-corrected chi connectivity index (χ1v) is 14.4. The van der Waals surface area contributed by atoms with Gasteiger partial charge in [0.1, 0.15) is 12.6 Å². The van der Waals surface area contributed by atoms with Crippen LogP contribution in [0, 0.1) is 6.92 Å². The smallest absolute Gasteiger partial charge is 0.264 e. The van der Waals surface area contributed by atoms with E-state index in [0.29, 0.717) is 22.2 Å². The Bertz CT molecular complexity index is 1380. The van der Waals surface area contributed by atoms with Crippen molar-refractivity contribution < 1.29 is 18.0 Å². The highest BCUT2D eigenvalue weighted by Gasteiger charge is 2.32. The molecule has 3 aromatic rings. The van der Waals surface area contributed by atoms with Gasteiger partial charge in [-0.2, -0.15) is 0 Å². The fraction of sp³-hybridized carbons (Fsp3) is 0.286. The summed E-state index contributed by atoms with van der Waals surface area (Å²) in [7, 11) is -4.15. The quantitative estimate of drug-likeness (QED) is 0.330. The summed E-state index contributed by atoms with van der Waals surface area (Å²) in [6.45, 7) is 5.38. The van der Waals surface area contributed by atoms with Crippen molar-refractivity contribution in [2.45, 2.75) is 44.7 Å². The molecule has 1 N–H and O–H groups in total. The third kappa shape index (κ3) is 7.49. The summed E-state index contributed by atoms with van der Waals surface area (Å²) in [5.41, 5.74) is 1.84. The third-order valence-electron chi connectivity index (χ3n) is 5.94. The second kappa shape index (κ2) is 13.1. The maximum atomic E-state index is 13.8. The molecule has 2 amide bonds. The van der Waals surface area contributed by atoms with Crippen molar-refractivity contribution in [3.8, 4) is 0 Å². The van der Waals surface area contributed by atoms with Gasteiger partial charge in [-0.3, -0.25) is 13.9 Å². The lowest BCUT2D eigenvalue weighted by molar-refractivity contribution is -0.139. The summed E-state index contributed by atoms with van der Waals surface area (Å²) in [6.07, 6.45) is 0.734. The molecule has 0 unspecified atom stereocenters. The molecule has 38 heavy (non-hydrogen) atoms. The molecule has 3 aromatic carbocycles. The van der Waals surface area contributed by atoms with E-state index in [9.17, 15) is 18.0 Å². The largest absolute Gasteiger partial charge is 0.354 e. The molecular formula is C28H31Cl2N3O4S. The van der Waals surface area contributed by atoms with E-state index >= 15 is 0 Å². The van der Waals surface area contributed by atoms with Gasteiger partial charge in [-0.15, -0.1) is 0 Å². The molecule has 0 aliphatic heterocycles. The van der Waals surface area contributed by atoms with Crippen LogP contribution in [0.15, 0.2) is 77.7 Å². The third-order valence-corrected chi connectivity index (χ3v) is 8.20. The number of hydrogen-bond acceptors (Lipinski definition) is 4. The van der Waals surface area contributed by atoms with Gasteiger partial charge in [-0.25, -0.2) is 8.42 Å². The first-order chi connectivity index (χ1) is 18.0. The van der Waals surface area contributed by atoms with E-state index in [2.05, 4.69) is 5.32 Å². The van der Waals surface area contributed by atoms with E-state index in [1.54, 1.807) is 61.5 Å². The molecule has 3 rings (SSSR count). The van der Waals surface area contributed by atoms with E-state index in [4.69, 9.17) is 23.2 Å². The molecule has 0 spiro atoms. The lowest BCUT2D eigenvalue weighted by atomic mass is 10.1. The number of benzene rings is 3. The fourth-order valence-corrected chi connectivity index (χ4v) is 5.61. The SMILES string of the molecule is CCCNC(=O)[C@@H](C)N(Cc1cccc(Cl)c1)C(=O)CN(c1cccc(Cl)c1)S(=O)(=O)c1ccc(C)cc1. The van der Waals surface area contributed by atoms with Crippen LogP contribution in [-0.4, -0.2) is 44.3 Å². The van der Waals surface area contributed by atoms with E-state index in [0.717, 1.165) is 16.3 Å². The Hall–Kier alpha value is -3.07. The van der Waals surface area contributed by atoms with Crippen molar-refractivity contribution in [3.05, 3.63) is 94.0 Å². The van der Waals surface area contributed by atoms with Crippen LogP contribution in [0.5, 0.6) is 0 Å². The van der Waals surface area contributed by atoms with E-state index in [1.165, 1.54) is 23.1 Å². The molecule has 0 aromatic heterocycles. The van der Waals surface area contributed by atoms with Crippen LogP contribution in [0.4, 0.5) is 5.69 Å². The molecule has 0 fully saturated rings. The van der Waals surface area contributed by atoms with E-state index in [1.807, 2.05) is 13.8 Å². The number of rotatable bonds is 11. The standard InChI is InChI=1S/C28H31Cl2N3O4S/c1-4-15-31-28(35)21(3)32(18-22-7-5-8-23(29)16-22)27(34)19-33(25-10-6-9-24(30)17-25)38(36,37)26-13-11-20(2)12-14-26/h5-14,16-17,21H,4,15,18-19H2,1-3H3,(H,31,35)/t21-/m1/s1. The first-order valence-electron chi connectivity index (χ1n) is 12.2. The van der Waals surface area contributed by atoms with Gasteiger partial charge in [-0.1, -0.05) is 66.0 Å². The Balaban J connectivity index is 2.02. The minimum Gasteiger partial charge on any atom is -0.354 e. The predicted octanol–water partition coefficient (Wildman–Crippen LogP) is 5.44. The van der Waals surface area contributed by atoms with Gasteiger partial charge in [-0.05, 0) is 68.3 Å². The maximum absolute atomic E-state index is 13.8. The number of sulfonamides is 1. The number of hydrogen-bond donors (Lipinski definition) is 1. The second-order valence-electron chi connectivity index (χ2n) is 8.92. The zero-order chi connectivity index (χ0) is 27.9. The molecule has 1 atom stereocenters. The van der Waals surface area contributed by atoms with Gasteiger partial charge in [0, 0.05) is 23.1 Å². The topological polar surface area (TPSA) is 86.8 Å². The second-order valence-corrected chi connectivity index (χ2v) is 11.7. The highest BCUT2D eigenvalue weighted by Crippen LogP contribution is 2.27. The highest BCUT2D eigenvalue weighted by molar-refractivity contribution is 7.92. The number of carbonyl (C=O) groups is 2. The van der Waals surface area contributed by atoms with Gasteiger partial charge in [0.05, 0.1) is 10.6 Å². The zero-order valence-electron chi connectivity index (χ0n) is 21.5. The van der Waals surface area contributed by atoms with Gasteiger partial charge in [0.2, 0.25) is 11.8 Å². The highest BCUT2D eigenvalue weighted by atomic mass is 35.5. The van der Waals surface area contributed by atoms with Crippen molar-refractivity contribution in [1.29, 1.82) is 0 Å². The van der Waals surface area contributed by atoms with Crippen LogP contribution < -0.4 is 9.62 Å². The van der Waals surface area contributed by atoms with Gasteiger partial charge in [0.15, 0.2) is 0 Å². The van der Waals surface area contributed by atoms with Crippen LogP contribution in [0.2, 0.25) is 10.0 Å². The number of amides is 2. The number of halogens is 2. The molecule has 0 saturated carbocycles.